The fourth-order valence-electron chi connectivity index (χ4n) is 5.55. The van der Waals surface area contributed by atoms with Crippen LogP contribution in [0.4, 0.5) is 5.69 Å². The minimum Gasteiger partial charge on any atom is -0.390 e. The highest BCUT2D eigenvalue weighted by atomic mass is 16.3. The fourth-order valence-corrected chi connectivity index (χ4v) is 5.55. The van der Waals surface area contributed by atoms with Gasteiger partial charge in [-0.1, -0.05) is 84.9 Å². The first-order chi connectivity index (χ1) is 20.4. The zero-order chi connectivity index (χ0) is 29.5. The van der Waals surface area contributed by atoms with Crippen molar-refractivity contribution in [3.63, 3.8) is 0 Å². The third kappa shape index (κ3) is 6.97. The number of nitrogens with one attached hydrogen (secondary N) is 2. The summed E-state index contributed by atoms with van der Waals surface area (Å²) in [5, 5.41) is 29.1. The molecule has 1 aliphatic heterocycles. The lowest BCUT2D eigenvalue weighted by molar-refractivity contribution is -0.129. The van der Waals surface area contributed by atoms with Gasteiger partial charge in [-0.3, -0.25) is 9.59 Å². The molecule has 8 nitrogen and oxygen atoms in total. The average molecular weight is 567 g/mol. The number of anilines is 1. The number of carbonyl (C=O) groups is 2. The smallest absolute Gasteiger partial charge is 0.243 e. The molecule has 0 saturated heterocycles. The van der Waals surface area contributed by atoms with Crippen LogP contribution in [0.3, 0.4) is 0 Å². The third-order valence-corrected chi connectivity index (χ3v) is 7.86. The van der Waals surface area contributed by atoms with Crippen LogP contribution < -0.4 is 21.3 Å². The molecule has 42 heavy (non-hydrogen) atoms. The van der Waals surface area contributed by atoms with E-state index in [4.69, 9.17) is 5.73 Å². The Bertz CT molecular complexity index is 1540. The van der Waals surface area contributed by atoms with E-state index in [2.05, 4.69) is 16.7 Å². The largest absolute Gasteiger partial charge is 0.390 e. The second kappa shape index (κ2) is 13.6. The summed E-state index contributed by atoms with van der Waals surface area (Å²) in [6, 6.07) is 28.9. The molecule has 1 heterocycles. The Morgan fingerprint density at radius 1 is 0.905 bits per heavy atom. The molecule has 4 aromatic rings. The van der Waals surface area contributed by atoms with E-state index < -0.39 is 24.3 Å². The second-order valence-corrected chi connectivity index (χ2v) is 10.8. The van der Waals surface area contributed by atoms with E-state index in [1.54, 1.807) is 0 Å². The first kappa shape index (κ1) is 29.3. The predicted octanol–water partition coefficient (Wildman–Crippen LogP) is 2.99. The Labute approximate surface area is 246 Å². The minimum atomic E-state index is -0.912. The lowest BCUT2D eigenvalue weighted by atomic mass is 9.94. The molecule has 3 atom stereocenters. The van der Waals surface area contributed by atoms with Crippen molar-refractivity contribution in [3.8, 4) is 0 Å². The van der Waals surface area contributed by atoms with Gasteiger partial charge in [-0.2, -0.15) is 0 Å². The van der Waals surface area contributed by atoms with Gasteiger partial charge in [0.1, 0.15) is 6.04 Å². The molecule has 2 unspecified atom stereocenters. The molecule has 0 fully saturated rings. The van der Waals surface area contributed by atoms with E-state index in [9.17, 15) is 19.8 Å². The average Bonchev–Trinajstić information content (AvgIpc) is 3.02. The number of aliphatic hydroxyl groups excluding tert-OH is 2. The van der Waals surface area contributed by atoms with Crippen LogP contribution in [0, 0.1) is 0 Å². The second-order valence-electron chi connectivity index (χ2n) is 10.8. The van der Waals surface area contributed by atoms with Gasteiger partial charge in [-0.15, -0.1) is 0 Å². The Morgan fingerprint density at radius 3 is 2.40 bits per heavy atom. The zero-order valence-corrected chi connectivity index (χ0v) is 23.6. The van der Waals surface area contributed by atoms with Gasteiger partial charge in [-0.05, 0) is 46.4 Å². The first-order valence-corrected chi connectivity index (χ1v) is 14.5. The van der Waals surface area contributed by atoms with Crippen LogP contribution in [-0.2, 0) is 28.9 Å². The zero-order valence-electron chi connectivity index (χ0n) is 23.6. The quantitative estimate of drug-likeness (QED) is 0.201. The molecule has 0 aromatic heterocycles. The summed E-state index contributed by atoms with van der Waals surface area (Å²) in [4.78, 5) is 28.4. The molecule has 0 aliphatic carbocycles. The number of hydrogen-bond acceptors (Lipinski definition) is 6. The molecule has 0 bridgehead atoms. The van der Waals surface area contributed by atoms with E-state index >= 15 is 0 Å². The number of amides is 2. The van der Waals surface area contributed by atoms with Crippen LogP contribution in [0.15, 0.2) is 91.0 Å². The summed E-state index contributed by atoms with van der Waals surface area (Å²) in [5.74, 6) is -0.704. The maximum absolute atomic E-state index is 13.3. The standard InChI is InChI=1S/C34H38N4O4/c35-21-28(39)22-36-33(41)30(20-23-13-14-24-7-1-2-10-27(24)19-23)37-32(40)17-18-38-31-12-6-4-9-26(31)16-15-25-8-3-5-11-29(25)34(38)42/h1-14,19,28,30,34,39,42H,15-18,20-22,35H2,(H,36,41)(H,37,40)/t28?,30-,34?/m1/s1. The van der Waals surface area contributed by atoms with Crippen molar-refractivity contribution < 1.29 is 19.8 Å². The van der Waals surface area contributed by atoms with Crippen molar-refractivity contribution in [2.45, 2.75) is 44.1 Å². The van der Waals surface area contributed by atoms with E-state index in [1.807, 2.05) is 89.8 Å². The van der Waals surface area contributed by atoms with Crippen molar-refractivity contribution in [1.29, 1.82) is 0 Å². The minimum absolute atomic E-state index is 0.00438. The number of fused-ring (bicyclic) bond motifs is 3. The van der Waals surface area contributed by atoms with E-state index in [1.165, 1.54) is 0 Å². The Kier molecular flexibility index (Phi) is 9.48. The van der Waals surface area contributed by atoms with Crippen molar-refractivity contribution >= 4 is 28.3 Å². The normalized spacial score (nSPS) is 16.0. The highest BCUT2D eigenvalue weighted by Gasteiger charge is 2.27. The van der Waals surface area contributed by atoms with E-state index in [0.717, 1.165) is 51.6 Å². The molecule has 8 heteroatoms. The lowest BCUT2D eigenvalue weighted by Gasteiger charge is -2.35. The highest BCUT2D eigenvalue weighted by Crippen LogP contribution is 2.34. The van der Waals surface area contributed by atoms with Crippen LogP contribution in [0.2, 0.25) is 0 Å². The van der Waals surface area contributed by atoms with Gasteiger partial charge >= 0.3 is 0 Å². The summed E-state index contributed by atoms with van der Waals surface area (Å²) in [6.45, 7) is 0.273. The molecule has 6 N–H and O–H groups in total. The molecule has 2 amide bonds. The maximum atomic E-state index is 13.3. The Morgan fingerprint density at radius 2 is 1.60 bits per heavy atom. The van der Waals surface area contributed by atoms with Crippen LogP contribution in [0.1, 0.15) is 34.9 Å². The molecule has 218 valence electrons. The topological polar surface area (TPSA) is 128 Å². The molecule has 0 radical (unpaired) electrons. The molecule has 0 saturated carbocycles. The number of para-hydroxylation sites is 1. The van der Waals surface area contributed by atoms with Crippen molar-refractivity contribution in [2.24, 2.45) is 5.73 Å². The lowest BCUT2D eigenvalue weighted by Crippen LogP contribution is -2.50. The van der Waals surface area contributed by atoms with Gasteiger partial charge < -0.3 is 31.5 Å². The number of rotatable bonds is 10. The van der Waals surface area contributed by atoms with Crippen LogP contribution >= 0.6 is 0 Å². The van der Waals surface area contributed by atoms with Crippen molar-refractivity contribution in [2.75, 3.05) is 24.5 Å². The van der Waals surface area contributed by atoms with Crippen LogP contribution in [0.5, 0.6) is 0 Å². The molecular formula is C34H38N4O4. The van der Waals surface area contributed by atoms with Gasteiger partial charge in [0.15, 0.2) is 6.23 Å². The molecule has 5 rings (SSSR count). The van der Waals surface area contributed by atoms with E-state index in [-0.39, 0.29) is 38.4 Å². The Hall–Kier alpha value is -4.24. The maximum Gasteiger partial charge on any atom is 0.243 e. The SMILES string of the molecule is NCC(O)CNC(=O)[C@@H](Cc1ccc2ccccc2c1)NC(=O)CCN1c2ccccc2CCc2ccccc2C1O. The summed E-state index contributed by atoms with van der Waals surface area (Å²) in [7, 11) is 0. The number of hydrogen-bond donors (Lipinski definition) is 5. The molecule has 0 spiro atoms. The number of nitrogens with zero attached hydrogens (tertiary/aromatic N) is 1. The number of carbonyl (C=O) groups excluding carboxylic acids is 2. The molecule has 4 aromatic carbocycles. The summed E-state index contributed by atoms with van der Waals surface area (Å²) in [5.41, 5.74) is 10.3. The van der Waals surface area contributed by atoms with Crippen molar-refractivity contribution in [3.05, 3.63) is 113 Å². The Balaban J connectivity index is 1.33. The highest BCUT2D eigenvalue weighted by molar-refractivity contribution is 5.88. The number of benzene rings is 4. The predicted molar refractivity (Wildman–Crippen MR) is 165 cm³/mol. The summed E-state index contributed by atoms with van der Waals surface area (Å²) >= 11 is 0. The van der Waals surface area contributed by atoms with Crippen molar-refractivity contribution in [1.82, 2.24) is 10.6 Å². The molecule has 1 aliphatic rings. The molecular weight excluding hydrogens is 528 g/mol. The van der Waals surface area contributed by atoms with Gasteiger partial charge in [-0.25, -0.2) is 0 Å². The summed E-state index contributed by atoms with van der Waals surface area (Å²) < 4.78 is 0. The third-order valence-electron chi connectivity index (χ3n) is 7.86. The summed E-state index contributed by atoms with van der Waals surface area (Å²) in [6.07, 6.45) is 0.214. The first-order valence-electron chi connectivity index (χ1n) is 14.5. The van der Waals surface area contributed by atoms with Gasteiger partial charge in [0.2, 0.25) is 11.8 Å². The van der Waals surface area contributed by atoms with Crippen LogP contribution in [-0.4, -0.2) is 53.8 Å². The monoisotopic (exact) mass is 566 g/mol. The number of aliphatic hydroxyl groups is 2. The van der Waals surface area contributed by atoms with Gasteiger partial charge in [0.25, 0.3) is 0 Å². The van der Waals surface area contributed by atoms with Gasteiger partial charge in [0.05, 0.1) is 6.10 Å². The van der Waals surface area contributed by atoms with E-state index in [0.29, 0.717) is 0 Å². The fraction of sp³-hybridized carbons (Fsp3) is 0.294. The number of aryl methyl sites for hydroxylation is 2. The van der Waals surface area contributed by atoms with Crippen LogP contribution in [0.25, 0.3) is 10.8 Å². The number of nitrogens with two attached hydrogens (primary N) is 1. The van der Waals surface area contributed by atoms with Gasteiger partial charge in [0, 0.05) is 43.7 Å².